The highest BCUT2D eigenvalue weighted by Gasteiger charge is 2.31. The molecule has 190 valence electrons. The fourth-order valence-corrected chi connectivity index (χ4v) is 5.25. The zero-order valence-electron chi connectivity index (χ0n) is 20.8. The number of hydrogen-bond donors (Lipinski definition) is 1. The predicted octanol–water partition coefficient (Wildman–Crippen LogP) is 5.09. The van der Waals surface area contributed by atoms with Crippen LogP contribution in [-0.2, 0) is 20.7 Å². The number of allylic oxidation sites excluding steroid dienone is 1. The van der Waals surface area contributed by atoms with Gasteiger partial charge < -0.3 is 14.5 Å². The maximum Gasteiger partial charge on any atom is 0.339 e. The highest BCUT2D eigenvalue weighted by Crippen LogP contribution is 2.39. The number of anilines is 2. The van der Waals surface area contributed by atoms with Crippen LogP contribution < -0.4 is 10.2 Å². The molecule has 8 heteroatoms. The number of nitrogens with one attached hydrogen (secondary N) is 1. The molecular formula is C30H25N3O5. The Hall–Kier alpha value is -4.72. The van der Waals surface area contributed by atoms with Crippen molar-refractivity contribution < 1.29 is 23.5 Å². The van der Waals surface area contributed by atoms with E-state index in [0.717, 1.165) is 29.0 Å². The maximum atomic E-state index is 13.6. The van der Waals surface area contributed by atoms with Gasteiger partial charge in [0.15, 0.2) is 6.61 Å². The topological polar surface area (TPSA) is 102 Å². The van der Waals surface area contributed by atoms with Crippen LogP contribution in [0.1, 0.15) is 40.7 Å². The zero-order chi connectivity index (χ0) is 26.2. The molecule has 0 fully saturated rings. The summed E-state index contributed by atoms with van der Waals surface area (Å²) in [4.78, 5) is 45.1. The van der Waals surface area contributed by atoms with Gasteiger partial charge in [-0.3, -0.25) is 14.5 Å². The number of carbonyl (C=O) groups is 3. The highest BCUT2D eigenvalue weighted by molar-refractivity contribution is 6.11. The van der Waals surface area contributed by atoms with E-state index in [-0.39, 0.29) is 18.4 Å². The minimum Gasteiger partial charge on any atom is -0.465 e. The van der Waals surface area contributed by atoms with E-state index in [1.807, 2.05) is 42.5 Å². The van der Waals surface area contributed by atoms with Crippen LogP contribution in [0.15, 0.2) is 71.3 Å². The molecule has 0 spiro atoms. The van der Waals surface area contributed by atoms with Gasteiger partial charge in [0.1, 0.15) is 12.3 Å². The average molecular weight is 508 g/mol. The summed E-state index contributed by atoms with van der Waals surface area (Å²) in [5, 5.41) is 3.43. The van der Waals surface area contributed by atoms with Gasteiger partial charge in [-0.2, -0.15) is 0 Å². The van der Waals surface area contributed by atoms with Crippen LogP contribution in [-0.4, -0.2) is 35.9 Å². The van der Waals surface area contributed by atoms with Crippen molar-refractivity contribution in [2.24, 2.45) is 5.92 Å². The number of hydrogen-bond acceptors (Lipinski definition) is 6. The number of amides is 2. The van der Waals surface area contributed by atoms with Crippen molar-refractivity contribution in [1.29, 1.82) is 0 Å². The minimum atomic E-state index is -0.589. The summed E-state index contributed by atoms with van der Waals surface area (Å²) in [7, 11) is 0. The van der Waals surface area contributed by atoms with Gasteiger partial charge >= 0.3 is 5.97 Å². The predicted molar refractivity (Wildman–Crippen MR) is 144 cm³/mol. The second kappa shape index (κ2) is 9.63. The summed E-state index contributed by atoms with van der Waals surface area (Å²) in [5.41, 5.74) is 4.75. The molecule has 1 N–H and O–H groups in total. The van der Waals surface area contributed by atoms with Crippen molar-refractivity contribution in [2.75, 3.05) is 23.4 Å². The summed E-state index contributed by atoms with van der Waals surface area (Å²) >= 11 is 0. The smallest absolute Gasteiger partial charge is 0.339 e. The van der Waals surface area contributed by atoms with Crippen LogP contribution in [0, 0.1) is 5.92 Å². The van der Waals surface area contributed by atoms with Gasteiger partial charge in [0, 0.05) is 5.39 Å². The second-order valence-corrected chi connectivity index (χ2v) is 9.65. The first-order valence-corrected chi connectivity index (χ1v) is 12.5. The lowest BCUT2D eigenvalue weighted by atomic mass is 9.81. The molecule has 38 heavy (non-hydrogen) atoms. The van der Waals surface area contributed by atoms with Gasteiger partial charge in [-0.25, -0.2) is 9.78 Å². The van der Waals surface area contributed by atoms with Gasteiger partial charge in [0.2, 0.25) is 5.91 Å². The number of esters is 1. The second-order valence-electron chi connectivity index (χ2n) is 9.65. The summed E-state index contributed by atoms with van der Waals surface area (Å²) < 4.78 is 11.2. The Morgan fingerprint density at radius 1 is 1.11 bits per heavy atom. The molecule has 0 saturated heterocycles. The Labute approximate surface area is 218 Å². The van der Waals surface area contributed by atoms with Gasteiger partial charge in [0.25, 0.3) is 5.91 Å². The van der Waals surface area contributed by atoms with Gasteiger partial charge in [-0.15, -0.1) is 0 Å². The Morgan fingerprint density at radius 2 is 1.92 bits per heavy atom. The Kier molecular flexibility index (Phi) is 5.99. The van der Waals surface area contributed by atoms with E-state index in [1.54, 1.807) is 30.5 Å². The first-order valence-electron chi connectivity index (χ1n) is 12.5. The Bertz CT molecular complexity index is 1610. The number of aromatic nitrogens is 1. The number of ether oxygens (including phenoxy) is 1. The van der Waals surface area contributed by atoms with Crippen LogP contribution >= 0.6 is 0 Å². The molecule has 3 heterocycles. The number of carbonyl (C=O) groups excluding carboxylic acids is 3. The first-order chi connectivity index (χ1) is 18.5. The van der Waals surface area contributed by atoms with Crippen LogP contribution in [0.4, 0.5) is 11.4 Å². The standard InChI is InChI=1S/C30H25N3O5/c1-18-13-19(15-20-7-6-12-37-20)29-22(14-18)28(21-8-2-3-9-23(21)32-29)30(36)38-17-27(35)33-16-26(34)31-24-10-4-5-11-25(24)33/h2-12,15,18H,13-14,16-17H2,1H3,(H,31,34)/b19-15+. The third-order valence-electron chi connectivity index (χ3n) is 6.88. The number of para-hydroxylation sites is 3. The van der Waals surface area contributed by atoms with Crippen LogP contribution in [0.3, 0.4) is 0 Å². The molecule has 2 amide bonds. The van der Waals surface area contributed by atoms with E-state index in [1.165, 1.54) is 4.90 Å². The van der Waals surface area contributed by atoms with E-state index in [4.69, 9.17) is 14.1 Å². The minimum absolute atomic E-state index is 0.139. The van der Waals surface area contributed by atoms with E-state index in [9.17, 15) is 14.4 Å². The fraction of sp³-hybridized carbons (Fsp3) is 0.200. The summed E-state index contributed by atoms with van der Waals surface area (Å²) in [6, 6.07) is 18.2. The Balaban J connectivity index is 1.34. The third kappa shape index (κ3) is 4.34. The number of benzene rings is 2. The SMILES string of the molecule is CC1C/C(=C\c2ccco2)c2nc3ccccc3c(C(=O)OCC(=O)N3CC(=O)Nc4ccccc43)c2C1. The van der Waals surface area contributed by atoms with Crippen LogP contribution in [0.25, 0.3) is 22.6 Å². The molecule has 6 rings (SSSR count). The third-order valence-corrected chi connectivity index (χ3v) is 6.88. The quantitative estimate of drug-likeness (QED) is 0.386. The molecule has 2 aromatic heterocycles. The molecule has 1 unspecified atom stereocenters. The van der Waals surface area contributed by atoms with Crippen molar-refractivity contribution in [3.8, 4) is 0 Å². The number of furan rings is 1. The molecule has 0 saturated carbocycles. The molecule has 4 aromatic rings. The first kappa shape index (κ1) is 23.7. The van der Waals surface area contributed by atoms with E-state index in [0.29, 0.717) is 34.3 Å². The lowest BCUT2D eigenvalue weighted by molar-refractivity contribution is -0.124. The number of pyridine rings is 1. The highest BCUT2D eigenvalue weighted by atomic mass is 16.5. The molecule has 1 aliphatic heterocycles. The molecule has 1 atom stereocenters. The molecular weight excluding hydrogens is 482 g/mol. The zero-order valence-corrected chi connectivity index (χ0v) is 20.8. The lowest BCUT2D eigenvalue weighted by Crippen LogP contribution is -2.44. The van der Waals surface area contributed by atoms with Crippen LogP contribution in [0.5, 0.6) is 0 Å². The lowest BCUT2D eigenvalue weighted by Gasteiger charge is -2.29. The largest absolute Gasteiger partial charge is 0.465 e. The van der Waals surface area contributed by atoms with Crippen molar-refractivity contribution >= 4 is 51.7 Å². The normalized spacial score (nSPS) is 17.6. The van der Waals surface area contributed by atoms with E-state index in [2.05, 4.69) is 12.2 Å². The summed E-state index contributed by atoms with van der Waals surface area (Å²) in [5.74, 6) is -0.379. The van der Waals surface area contributed by atoms with Crippen LogP contribution in [0.2, 0.25) is 0 Å². The number of nitrogens with zero attached hydrogens (tertiary/aromatic N) is 2. The average Bonchev–Trinajstić information content (AvgIpc) is 3.43. The van der Waals surface area contributed by atoms with E-state index < -0.39 is 18.5 Å². The monoisotopic (exact) mass is 507 g/mol. The maximum absolute atomic E-state index is 13.6. The number of rotatable bonds is 4. The van der Waals surface area contributed by atoms with Gasteiger partial charge in [0.05, 0.1) is 34.4 Å². The molecule has 1 aliphatic carbocycles. The molecule has 2 aliphatic rings. The summed E-state index contributed by atoms with van der Waals surface area (Å²) in [6.45, 7) is 1.50. The Morgan fingerprint density at radius 3 is 2.76 bits per heavy atom. The molecule has 0 radical (unpaired) electrons. The van der Waals surface area contributed by atoms with Gasteiger partial charge in [-0.05, 0) is 66.3 Å². The van der Waals surface area contributed by atoms with Crippen molar-refractivity contribution in [3.05, 3.63) is 89.5 Å². The molecule has 8 nitrogen and oxygen atoms in total. The number of fused-ring (bicyclic) bond motifs is 3. The summed E-state index contributed by atoms with van der Waals surface area (Å²) in [6.07, 6.45) is 5.04. The van der Waals surface area contributed by atoms with Crippen molar-refractivity contribution in [1.82, 2.24) is 4.98 Å². The molecule has 0 bridgehead atoms. The molecule has 2 aromatic carbocycles. The van der Waals surface area contributed by atoms with Crippen molar-refractivity contribution in [3.63, 3.8) is 0 Å². The fourth-order valence-electron chi connectivity index (χ4n) is 5.25. The van der Waals surface area contributed by atoms with E-state index >= 15 is 0 Å². The van der Waals surface area contributed by atoms with Gasteiger partial charge in [-0.1, -0.05) is 37.3 Å². The van der Waals surface area contributed by atoms with Crippen molar-refractivity contribution in [2.45, 2.75) is 19.8 Å².